The molecule has 0 radical (unpaired) electrons. The minimum absolute atomic E-state index is 0.342. The Balaban J connectivity index is 1.54. The standard InChI is InChI=1S/C29H34O3/c1-3-5-7-9-23-10-18-28(19-11-23)32-29(30)26-14-12-24(13-15-26)25-16-20-27(21-17-25)31-22-8-6-4-2/h10-21H,3-9,22H2,1-2H3. The molecule has 0 aliphatic heterocycles. The third kappa shape index (κ3) is 7.26. The maximum atomic E-state index is 12.5. The van der Waals surface area contributed by atoms with Gasteiger partial charge in [0.05, 0.1) is 12.2 Å². The van der Waals surface area contributed by atoms with Gasteiger partial charge in [-0.05, 0) is 72.4 Å². The zero-order valence-corrected chi connectivity index (χ0v) is 19.3. The molecule has 0 aliphatic rings. The Kier molecular flexibility index (Phi) is 9.37. The SMILES string of the molecule is CCCCCOc1ccc(-c2ccc(C(=O)Oc3ccc(CCCCC)cc3)cc2)cc1. The average molecular weight is 431 g/mol. The lowest BCUT2D eigenvalue weighted by atomic mass is 10.0. The number of hydrogen-bond acceptors (Lipinski definition) is 3. The van der Waals surface area contributed by atoms with E-state index in [2.05, 4.69) is 13.8 Å². The molecule has 0 amide bonds. The Morgan fingerprint density at radius 1 is 0.656 bits per heavy atom. The third-order valence-electron chi connectivity index (χ3n) is 5.53. The molecule has 3 heteroatoms. The fraction of sp³-hybridized carbons (Fsp3) is 0.345. The Morgan fingerprint density at radius 2 is 1.22 bits per heavy atom. The number of esters is 1. The molecule has 3 nitrogen and oxygen atoms in total. The lowest BCUT2D eigenvalue weighted by Crippen LogP contribution is -2.08. The van der Waals surface area contributed by atoms with Crippen LogP contribution in [0.4, 0.5) is 0 Å². The van der Waals surface area contributed by atoms with E-state index in [4.69, 9.17) is 9.47 Å². The minimum atomic E-state index is -0.342. The van der Waals surface area contributed by atoms with Gasteiger partial charge in [-0.2, -0.15) is 0 Å². The van der Waals surface area contributed by atoms with Crippen molar-refractivity contribution >= 4 is 5.97 Å². The van der Waals surface area contributed by atoms with Gasteiger partial charge >= 0.3 is 5.97 Å². The van der Waals surface area contributed by atoms with Crippen LogP contribution in [0.2, 0.25) is 0 Å². The summed E-state index contributed by atoms with van der Waals surface area (Å²) in [5, 5.41) is 0. The minimum Gasteiger partial charge on any atom is -0.494 e. The highest BCUT2D eigenvalue weighted by Gasteiger charge is 2.09. The van der Waals surface area contributed by atoms with Crippen molar-refractivity contribution in [1.82, 2.24) is 0 Å². The van der Waals surface area contributed by atoms with Crippen molar-refractivity contribution in [1.29, 1.82) is 0 Å². The largest absolute Gasteiger partial charge is 0.494 e. The summed E-state index contributed by atoms with van der Waals surface area (Å²) < 4.78 is 11.3. The molecule has 0 unspecified atom stereocenters. The number of carbonyl (C=O) groups excluding carboxylic acids is 1. The van der Waals surface area contributed by atoms with Crippen molar-refractivity contribution in [3.8, 4) is 22.6 Å². The van der Waals surface area contributed by atoms with E-state index in [9.17, 15) is 4.79 Å². The first kappa shape index (κ1) is 23.6. The van der Waals surface area contributed by atoms with Crippen LogP contribution in [-0.2, 0) is 6.42 Å². The summed E-state index contributed by atoms with van der Waals surface area (Å²) in [6.07, 6.45) is 8.18. The predicted octanol–water partition coefficient (Wildman–Crippen LogP) is 7.87. The zero-order chi connectivity index (χ0) is 22.6. The van der Waals surface area contributed by atoms with Crippen LogP contribution in [0.3, 0.4) is 0 Å². The summed E-state index contributed by atoms with van der Waals surface area (Å²) in [6.45, 7) is 5.15. The second kappa shape index (κ2) is 12.7. The van der Waals surface area contributed by atoms with Crippen LogP contribution < -0.4 is 9.47 Å². The lowest BCUT2D eigenvalue weighted by molar-refractivity contribution is 0.0734. The number of aryl methyl sites for hydroxylation is 1. The molecular formula is C29H34O3. The monoisotopic (exact) mass is 430 g/mol. The highest BCUT2D eigenvalue weighted by molar-refractivity contribution is 5.91. The lowest BCUT2D eigenvalue weighted by Gasteiger charge is -2.08. The average Bonchev–Trinajstić information content (AvgIpc) is 2.84. The summed E-state index contributed by atoms with van der Waals surface area (Å²) in [5.41, 5.74) is 3.96. The Hall–Kier alpha value is -3.07. The van der Waals surface area contributed by atoms with E-state index in [-0.39, 0.29) is 5.97 Å². The first-order valence-corrected chi connectivity index (χ1v) is 11.8. The van der Waals surface area contributed by atoms with Gasteiger partial charge in [-0.3, -0.25) is 0 Å². The molecule has 0 saturated carbocycles. The zero-order valence-electron chi connectivity index (χ0n) is 19.3. The fourth-order valence-corrected chi connectivity index (χ4v) is 3.55. The maximum Gasteiger partial charge on any atom is 0.343 e. The normalized spacial score (nSPS) is 10.7. The van der Waals surface area contributed by atoms with E-state index in [0.717, 1.165) is 36.3 Å². The summed E-state index contributed by atoms with van der Waals surface area (Å²) in [4.78, 5) is 12.5. The van der Waals surface area contributed by atoms with E-state index in [1.165, 1.54) is 37.7 Å². The topological polar surface area (TPSA) is 35.5 Å². The number of unbranched alkanes of at least 4 members (excludes halogenated alkanes) is 4. The molecular weight excluding hydrogens is 396 g/mol. The van der Waals surface area contributed by atoms with Crippen LogP contribution in [0.1, 0.15) is 68.3 Å². The van der Waals surface area contributed by atoms with E-state index in [1.807, 2.05) is 72.8 Å². The van der Waals surface area contributed by atoms with Gasteiger partial charge < -0.3 is 9.47 Å². The molecule has 0 spiro atoms. The van der Waals surface area contributed by atoms with Gasteiger partial charge in [0.15, 0.2) is 0 Å². The van der Waals surface area contributed by atoms with E-state index in [0.29, 0.717) is 11.3 Å². The fourth-order valence-electron chi connectivity index (χ4n) is 3.55. The number of ether oxygens (including phenoxy) is 2. The second-order valence-electron chi connectivity index (χ2n) is 8.15. The molecule has 0 fully saturated rings. The molecule has 3 rings (SSSR count). The van der Waals surface area contributed by atoms with Gasteiger partial charge in [0.25, 0.3) is 0 Å². The van der Waals surface area contributed by atoms with E-state index >= 15 is 0 Å². The third-order valence-corrected chi connectivity index (χ3v) is 5.53. The molecule has 3 aromatic carbocycles. The van der Waals surface area contributed by atoms with Crippen LogP contribution in [0, 0.1) is 0 Å². The number of benzene rings is 3. The van der Waals surface area contributed by atoms with Crippen molar-refractivity contribution in [2.24, 2.45) is 0 Å². The van der Waals surface area contributed by atoms with Gasteiger partial charge in [-0.25, -0.2) is 4.79 Å². The van der Waals surface area contributed by atoms with Gasteiger partial charge in [0.1, 0.15) is 11.5 Å². The molecule has 3 aromatic rings. The number of rotatable bonds is 12. The van der Waals surface area contributed by atoms with Crippen LogP contribution in [-0.4, -0.2) is 12.6 Å². The summed E-state index contributed by atoms with van der Waals surface area (Å²) in [7, 11) is 0. The van der Waals surface area contributed by atoms with Crippen LogP contribution in [0.5, 0.6) is 11.5 Å². The molecule has 0 atom stereocenters. The van der Waals surface area contributed by atoms with Gasteiger partial charge in [-0.15, -0.1) is 0 Å². The van der Waals surface area contributed by atoms with Crippen LogP contribution in [0.15, 0.2) is 72.8 Å². The summed E-state index contributed by atoms with van der Waals surface area (Å²) in [5.74, 6) is 1.13. The van der Waals surface area contributed by atoms with Gasteiger partial charge in [-0.1, -0.05) is 75.9 Å². The van der Waals surface area contributed by atoms with E-state index < -0.39 is 0 Å². The Bertz CT molecular complexity index is 941. The molecule has 32 heavy (non-hydrogen) atoms. The molecule has 0 bridgehead atoms. The van der Waals surface area contributed by atoms with Gasteiger partial charge in [0.2, 0.25) is 0 Å². The van der Waals surface area contributed by atoms with E-state index in [1.54, 1.807) is 0 Å². The van der Waals surface area contributed by atoms with Crippen molar-refractivity contribution in [2.75, 3.05) is 6.61 Å². The summed E-state index contributed by atoms with van der Waals surface area (Å²) >= 11 is 0. The quantitative estimate of drug-likeness (QED) is 0.167. The van der Waals surface area contributed by atoms with Crippen molar-refractivity contribution in [2.45, 2.75) is 58.8 Å². The number of hydrogen-bond donors (Lipinski definition) is 0. The molecule has 0 saturated heterocycles. The highest BCUT2D eigenvalue weighted by Crippen LogP contribution is 2.24. The van der Waals surface area contributed by atoms with Crippen molar-refractivity contribution in [3.63, 3.8) is 0 Å². The molecule has 0 N–H and O–H groups in total. The first-order chi connectivity index (χ1) is 15.7. The molecule has 0 aromatic heterocycles. The Morgan fingerprint density at radius 3 is 1.84 bits per heavy atom. The van der Waals surface area contributed by atoms with Crippen molar-refractivity contribution in [3.05, 3.63) is 83.9 Å². The Labute approximate surface area is 192 Å². The second-order valence-corrected chi connectivity index (χ2v) is 8.15. The van der Waals surface area contributed by atoms with Crippen LogP contribution >= 0.6 is 0 Å². The maximum absolute atomic E-state index is 12.5. The van der Waals surface area contributed by atoms with Crippen LogP contribution in [0.25, 0.3) is 11.1 Å². The molecule has 0 aliphatic carbocycles. The highest BCUT2D eigenvalue weighted by atomic mass is 16.5. The molecule has 0 heterocycles. The summed E-state index contributed by atoms with van der Waals surface area (Å²) in [6, 6.07) is 23.4. The predicted molar refractivity (Wildman–Crippen MR) is 132 cm³/mol. The van der Waals surface area contributed by atoms with Gasteiger partial charge in [0, 0.05) is 0 Å². The number of carbonyl (C=O) groups is 1. The van der Waals surface area contributed by atoms with Crippen molar-refractivity contribution < 1.29 is 14.3 Å². The molecule has 168 valence electrons. The first-order valence-electron chi connectivity index (χ1n) is 11.8. The smallest absolute Gasteiger partial charge is 0.343 e.